The number of aryl methyl sites for hydroxylation is 1. The fourth-order valence-electron chi connectivity index (χ4n) is 2.60. The van der Waals surface area contributed by atoms with Gasteiger partial charge in [0, 0.05) is 16.2 Å². The lowest BCUT2D eigenvalue weighted by Crippen LogP contribution is -2.46. The predicted molar refractivity (Wildman–Crippen MR) is 81.7 cm³/mol. The van der Waals surface area contributed by atoms with Crippen molar-refractivity contribution in [1.82, 2.24) is 5.32 Å². The molecule has 2 heterocycles. The Morgan fingerprint density at radius 3 is 3.17 bits per heavy atom. The summed E-state index contributed by atoms with van der Waals surface area (Å²) in [5.41, 5.74) is 1.68. The molecule has 0 bridgehead atoms. The highest BCUT2D eigenvalue weighted by Gasteiger charge is 2.26. The van der Waals surface area contributed by atoms with Crippen LogP contribution in [-0.2, 0) is 6.42 Å². The number of rotatable bonds is 1. The molecule has 0 amide bonds. The zero-order valence-corrected chi connectivity index (χ0v) is 12.7. The van der Waals surface area contributed by atoms with E-state index in [4.69, 9.17) is 4.99 Å². The maximum atomic E-state index is 4.98. The van der Waals surface area contributed by atoms with Gasteiger partial charge in [0.2, 0.25) is 0 Å². The molecule has 0 radical (unpaired) electrons. The molecule has 1 atom stereocenters. The molecule has 4 heteroatoms. The molecule has 0 saturated carbocycles. The molecule has 1 fully saturated rings. The van der Waals surface area contributed by atoms with Gasteiger partial charge in [0.25, 0.3) is 0 Å². The van der Waals surface area contributed by atoms with E-state index in [1.807, 2.05) is 23.1 Å². The van der Waals surface area contributed by atoms with Gasteiger partial charge in [-0.1, -0.05) is 11.8 Å². The van der Waals surface area contributed by atoms with Crippen LogP contribution in [0.25, 0.3) is 0 Å². The Morgan fingerprint density at radius 2 is 2.33 bits per heavy atom. The third kappa shape index (κ3) is 2.59. The molecule has 1 N–H and O–H groups in total. The SMILES string of the molecule is CC1(C)CCSC(=NC2CCCc3sccc32)N1. The zero-order chi connectivity index (χ0) is 12.6. The topological polar surface area (TPSA) is 24.4 Å². The molecule has 2 nitrogen and oxygen atoms in total. The summed E-state index contributed by atoms with van der Waals surface area (Å²) in [6, 6.07) is 2.66. The third-order valence-electron chi connectivity index (χ3n) is 3.70. The minimum atomic E-state index is 0.205. The van der Waals surface area contributed by atoms with Gasteiger partial charge in [-0.25, -0.2) is 0 Å². The van der Waals surface area contributed by atoms with Gasteiger partial charge in [0.05, 0.1) is 6.04 Å². The summed E-state index contributed by atoms with van der Waals surface area (Å²) in [5.74, 6) is 1.18. The maximum Gasteiger partial charge on any atom is 0.157 e. The van der Waals surface area contributed by atoms with Crippen LogP contribution in [0, 0.1) is 0 Å². The number of aliphatic imine (C=N–C) groups is 1. The van der Waals surface area contributed by atoms with Crippen LogP contribution in [0.1, 0.15) is 49.6 Å². The molecular weight excluding hydrogens is 260 g/mol. The second-order valence-corrected chi connectivity index (χ2v) is 7.83. The Hall–Kier alpha value is -0.480. The van der Waals surface area contributed by atoms with Crippen molar-refractivity contribution in [3.63, 3.8) is 0 Å². The van der Waals surface area contributed by atoms with Gasteiger partial charge in [-0.15, -0.1) is 11.3 Å². The summed E-state index contributed by atoms with van der Waals surface area (Å²) in [6.45, 7) is 4.53. The van der Waals surface area contributed by atoms with Crippen molar-refractivity contribution in [2.24, 2.45) is 4.99 Å². The molecule has 2 aliphatic rings. The first kappa shape index (κ1) is 12.5. The number of hydrogen-bond acceptors (Lipinski definition) is 3. The summed E-state index contributed by atoms with van der Waals surface area (Å²) in [7, 11) is 0. The average Bonchev–Trinajstić information content (AvgIpc) is 2.77. The Bertz CT molecular complexity index is 462. The molecule has 1 unspecified atom stereocenters. The molecule has 1 saturated heterocycles. The highest BCUT2D eigenvalue weighted by atomic mass is 32.2. The number of nitrogens with zero attached hydrogens (tertiary/aromatic N) is 1. The normalized spacial score (nSPS) is 28.8. The van der Waals surface area contributed by atoms with Crippen LogP contribution in [0.15, 0.2) is 16.4 Å². The third-order valence-corrected chi connectivity index (χ3v) is 5.59. The second kappa shape index (κ2) is 4.89. The van der Waals surface area contributed by atoms with Crippen LogP contribution in [0.5, 0.6) is 0 Å². The van der Waals surface area contributed by atoms with Gasteiger partial charge in [0.15, 0.2) is 5.17 Å². The standard InChI is InChI=1S/C14H20N2S2/c1-14(2)7-9-18-13(16-14)15-11-4-3-5-12-10(11)6-8-17-12/h6,8,11H,3-5,7,9H2,1-2H3,(H,15,16). The first-order valence-electron chi connectivity index (χ1n) is 6.69. The molecule has 1 aliphatic heterocycles. The van der Waals surface area contributed by atoms with Crippen LogP contribution in [0.4, 0.5) is 0 Å². The Balaban J connectivity index is 1.81. The molecule has 1 aromatic heterocycles. The van der Waals surface area contributed by atoms with E-state index >= 15 is 0 Å². The van der Waals surface area contributed by atoms with Crippen molar-refractivity contribution >= 4 is 28.3 Å². The van der Waals surface area contributed by atoms with E-state index < -0.39 is 0 Å². The minimum absolute atomic E-state index is 0.205. The van der Waals surface area contributed by atoms with E-state index in [1.54, 1.807) is 4.88 Å². The van der Waals surface area contributed by atoms with Crippen LogP contribution < -0.4 is 5.32 Å². The average molecular weight is 280 g/mol. The molecule has 98 valence electrons. The number of nitrogens with one attached hydrogen (secondary N) is 1. The Labute approximate surface area is 117 Å². The number of thioether (sulfide) groups is 1. The first-order chi connectivity index (χ1) is 8.64. The zero-order valence-electron chi connectivity index (χ0n) is 11.0. The lowest BCUT2D eigenvalue weighted by atomic mass is 9.95. The second-order valence-electron chi connectivity index (χ2n) is 5.75. The first-order valence-corrected chi connectivity index (χ1v) is 8.56. The summed E-state index contributed by atoms with van der Waals surface area (Å²) in [6.07, 6.45) is 4.95. The van der Waals surface area contributed by atoms with Crippen LogP contribution in [-0.4, -0.2) is 16.5 Å². The number of amidine groups is 1. The lowest BCUT2D eigenvalue weighted by Gasteiger charge is -2.33. The van der Waals surface area contributed by atoms with Crippen molar-refractivity contribution in [2.45, 2.75) is 51.1 Å². The van der Waals surface area contributed by atoms with E-state index in [1.165, 1.54) is 37.0 Å². The smallest absolute Gasteiger partial charge is 0.157 e. The van der Waals surface area contributed by atoms with Gasteiger partial charge < -0.3 is 5.32 Å². The molecule has 1 aromatic rings. The van der Waals surface area contributed by atoms with Crippen LogP contribution in [0.2, 0.25) is 0 Å². The lowest BCUT2D eigenvalue weighted by molar-refractivity contribution is 0.444. The summed E-state index contributed by atoms with van der Waals surface area (Å²) >= 11 is 3.77. The molecule has 18 heavy (non-hydrogen) atoms. The fraction of sp³-hybridized carbons (Fsp3) is 0.643. The van der Waals surface area contributed by atoms with Crippen molar-refractivity contribution in [1.29, 1.82) is 0 Å². The highest BCUT2D eigenvalue weighted by molar-refractivity contribution is 8.13. The molecule has 0 spiro atoms. The van der Waals surface area contributed by atoms with Gasteiger partial charge in [-0.05, 0) is 56.5 Å². The van der Waals surface area contributed by atoms with Crippen molar-refractivity contribution in [3.05, 3.63) is 21.9 Å². The Kier molecular flexibility index (Phi) is 3.41. The number of thiophene rings is 1. The number of fused-ring (bicyclic) bond motifs is 1. The summed E-state index contributed by atoms with van der Waals surface area (Å²) in [5, 5.41) is 6.94. The van der Waals surface area contributed by atoms with E-state index in [-0.39, 0.29) is 5.54 Å². The van der Waals surface area contributed by atoms with E-state index in [0.717, 1.165) is 5.17 Å². The van der Waals surface area contributed by atoms with Crippen molar-refractivity contribution in [3.8, 4) is 0 Å². The van der Waals surface area contributed by atoms with Gasteiger partial charge in [0.1, 0.15) is 0 Å². The fourth-order valence-corrected chi connectivity index (χ4v) is 4.94. The molecular formula is C14H20N2S2. The molecule has 0 aromatic carbocycles. The van der Waals surface area contributed by atoms with E-state index in [9.17, 15) is 0 Å². The van der Waals surface area contributed by atoms with E-state index in [0.29, 0.717) is 6.04 Å². The predicted octanol–water partition coefficient (Wildman–Crippen LogP) is 3.99. The quantitative estimate of drug-likeness (QED) is 0.841. The number of hydrogen-bond donors (Lipinski definition) is 1. The summed E-state index contributed by atoms with van der Waals surface area (Å²) in [4.78, 5) is 6.53. The molecule has 3 rings (SSSR count). The highest BCUT2D eigenvalue weighted by Crippen LogP contribution is 2.36. The van der Waals surface area contributed by atoms with Gasteiger partial charge in [-0.3, -0.25) is 4.99 Å². The Morgan fingerprint density at radius 1 is 1.44 bits per heavy atom. The minimum Gasteiger partial charge on any atom is -0.360 e. The van der Waals surface area contributed by atoms with Gasteiger partial charge in [-0.2, -0.15) is 0 Å². The van der Waals surface area contributed by atoms with Crippen LogP contribution in [0.3, 0.4) is 0 Å². The summed E-state index contributed by atoms with van der Waals surface area (Å²) < 4.78 is 0. The molecule has 1 aliphatic carbocycles. The monoisotopic (exact) mass is 280 g/mol. The largest absolute Gasteiger partial charge is 0.360 e. The van der Waals surface area contributed by atoms with Gasteiger partial charge >= 0.3 is 0 Å². The van der Waals surface area contributed by atoms with Crippen molar-refractivity contribution < 1.29 is 0 Å². The van der Waals surface area contributed by atoms with Crippen molar-refractivity contribution in [2.75, 3.05) is 5.75 Å². The van der Waals surface area contributed by atoms with E-state index in [2.05, 4.69) is 30.6 Å². The maximum absolute atomic E-state index is 4.98. The van der Waals surface area contributed by atoms with Crippen LogP contribution >= 0.6 is 23.1 Å².